The first-order valence-corrected chi connectivity index (χ1v) is 5.91. The molecule has 4 nitrogen and oxygen atoms in total. The Morgan fingerprint density at radius 1 is 1.62 bits per heavy atom. The van der Waals surface area contributed by atoms with E-state index in [4.69, 9.17) is 0 Å². The summed E-state index contributed by atoms with van der Waals surface area (Å²) in [6.45, 7) is 7.09. The van der Waals surface area contributed by atoms with Gasteiger partial charge >= 0.3 is 0 Å². The van der Waals surface area contributed by atoms with Crippen molar-refractivity contribution in [1.82, 2.24) is 9.03 Å². The molecule has 5 heteroatoms. The molecule has 0 unspecified atom stereocenters. The van der Waals surface area contributed by atoms with Gasteiger partial charge in [0.1, 0.15) is 0 Å². The molecule has 0 aromatic carbocycles. The summed E-state index contributed by atoms with van der Waals surface area (Å²) in [6.07, 6.45) is 1.82. The Bertz CT molecular complexity index is 285. The zero-order chi connectivity index (χ0) is 9.90. The van der Waals surface area contributed by atoms with Gasteiger partial charge in [0.15, 0.2) is 0 Å². The minimum absolute atomic E-state index is 0.436. The van der Waals surface area contributed by atoms with Crippen LogP contribution in [-0.4, -0.2) is 32.4 Å². The molecular formula is C8H16N2O2S. The van der Waals surface area contributed by atoms with Crippen LogP contribution in [0.1, 0.15) is 19.8 Å². The molecule has 0 aromatic rings. The summed E-state index contributed by atoms with van der Waals surface area (Å²) in [7, 11) is -3.24. The molecule has 0 aliphatic carbocycles. The van der Waals surface area contributed by atoms with E-state index in [0.29, 0.717) is 19.6 Å². The lowest BCUT2D eigenvalue weighted by Gasteiger charge is -2.27. The molecule has 0 bridgehead atoms. The molecule has 13 heavy (non-hydrogen) atoms. The van der Waals surface area contributed by atoms with Crippen LogP contribution in [0, 0.1) is 0 Å². The number of nitrogens with zero attached hydrogens (tertiary/aromatic N) is 1. The summed E-state index contributed by atoms with van der Waals surface area (Å²) < 4.78 is 26.9. The molecule has 0 radical (unpaired) electrons. The van der Waals surface area contributed by atoms with Crippen molar-refractivity contribution in [2.75, 3.05) is 19.6 Å². The smallest absolute Gasteiger partial charge is 0.202 e. The number of nitrogens with one attached hydrogen (secondary N) is 1. The molecule has 0 saturated carbocycles. The van der Waals surface area contributed by atoms with Gasteiger partial charge in [0, 0.05) is 19.6 Å². The molecule has 76 valence electrons. The Kier molecular flexibility index (Phi) is 3.47. The van der Waals surface area contributed by atoms with E-state index in [1.807, 2.05) is 0 Å². The van der Waals surface area contributed by atoms with E-state index in [0.717, 1.165) is 18.4 Å². The van der Waals surface area contributed by atoms with Gasteiger partial charge in [-0.25, -0.2) is 4.72 Å². The summed E-state index contributed by atoms with van der Waals surface area (Å²) in [5, 5.41) is 0. The van der Waals surface area contributed by atoms with Crippen molar-refractivity contribution in [2.24, 2.45) is 0 Å². The van der Waals surface area contributed by atoms with Gasteiger partial charge in [-0.1, -0.05) is 19.1 Å². The first-order chi connectivity index (χ1) is 6.06. The van der Waals surface area contributed by atoms with Gasteiger partial charge in [0.2, 0.25) is 0 Å². The van der Waals surface area contributed by atoms with Gasteiger partial charge in [-0.3, -0.25) is 0 Å². The fourth-order valence-corrected chi connectivity index (χ4v) is 2.66. The molecule has 0 amide bonds. The zero-order valence-corrected chi connectivity index (χ0v) is 8.73. The summed E-state index contributed by atoms with van der Waals surface area (Å²) in [4.78, 5) is 0. The standard InChI is InChI=1S/C8H16N2O2S/c1-3-9-13(11,12)10-6-4-5-8(2)7-10/h9H,2-7H2,1H3. The maximum atomic E-state index is 11.5. The second-order valence-electron chi connectivity index (χ2n) is 3.19. The quantitative estimate of drug-likeness (QED) is 0.680. The maximum Gasteiger partial charge on any atom is 0.279 e. The van der Waals surface area contributed by atoms with Gasteiger partial charge in [0.25, 0.3) is 10.2 Å². The van der Waals surface area contributed by atoms with E-state index in [9.17, 15) is 8.42 Å². The van der Waals surface area contributed by atoms with Gasteiger partial charge in [-0.05, 0) is 12.8 Å². The molecular weight excluding hydrogens is 188 g/mol. The van der Waals surface area contributed by atoms with Crippen LogP contribution < -0.4 is 4.72 Å². The maximum absolute atomic E-state index is 11.5. The number of hydrogen-bond acceptors (Lipinski definition) is 2. The average molecular weight is 204 g/mol. The van der Waals surface area contributed by atoms with Crippen molar-refractivity contribution in [3.8, 4) is 0 Å². The highest BCUT2D eigenvalue weighted by atomic mass is 32.2. The highest BCUT2D eigenvalue weighted by Gasteiger charge is 2.23. The minimum atomic E-state index is -3.24. The number of rotatable bonds is 3. The SMILES string of the molecule is C=C1CCCN(S(=O)(=O)NCC)C1. The molecule has 0 atom stereocenters. The Labute approximate surface area is 79.8 Å². The van der Waals surface area contributed by atoms with Crippen molar-refractivity contribution in [1.29, 1.82) is 0 Å². The fraction of sp³-hybridized carbons (Fsp3) is 0.750. The normalized spacial score (nSPS) is 20.5. The third-order valence-corrected chi connectivity index (χ3v) is 3.65. The van der Waals surface area contributed by atoms with Gasteiger partial charge in [-0.15, -0.1) is 0 Å². The van der Waals surface area contributed by atoms with Crippen molar-refractivity contribution in [2.45, 2.75) is 19.8 Å². The monoisotopic (exact) mass is 204 g/mol. The Balaban J connectivity index is 2.65. The molecule has 0 spiro atoms. The van der Waals surface area contributed by atoms with Crippen LogP contribution in [0.3, 0.4) is 0 Å². The Morgan fingerprint density at radius 3 is 2.85 bits per heavy atom. The lowest BCUT2D eigenvalue weighted by molar-refractivity contribution is 0.389. The average Bonchev–Trinajstić information content (AvgIpc) is 2.04. The molecule has 1 heterocycles. The minimum Gasteiger partial charge on any atom is -0.202 e. The Hall–Kier alpha value is -0.390. The lowest BCUT2D eigenvalue weighted by atomic mass is 10.1. The van der Waals surface area contributed by atoms with E-state index in [1.54, 1.807) is 6.92 Å². The van der Waals surface area contributed by atoms with E-state index in [2.05, 4.69) is 11.3 Å². The van der Waals surface area contributed by atoms with Crippen molar-refractivity contribution in [3.05, 3.63) is 12.2 Å². The van der Waals surface area contributed by atoms with Crippen LogP contribution in [0.15, 0.2) is 12.2 Å². The molecule has 1 saturated heterocycles. The van der Waals surface area contributed by atoms with Gasteiger partial charge in [-0.2, -0.15) is 12.7 Å². The van der Waals surface area contributed by atoms with Crippen LogP contribution in [0.4, 0.5) is 0 Å². The number of piperidine rings is 1. The predicted molar refractivity (Wildman–Crippen MR) is 52.5 cm³/mol. The fourth-order valence-electron chi connectivity index (χ4n) is 1.39. The highest BCUT2D eigenvalue weighted by Crippen LogP contribution is 2.15. The third kappa shape index (κ3) is 2.79. The molecule has 1 aliphatic rings. The van der Waals surface area contributed by atoms with E-state index < -0.39 is 10.2 Å². The molecule has 1 fully saturated rings. The van der Waals surface area contributed by atoms with Gasteiger partial charge < -0.3 is 0 Å². The Morgan fingerprint density at radius 2 is 2.31 bits per heavy atom. The lowest BCUT2D eigenvalue weighted by Crippen LogP contribution is -2.43. The van der Waals surface area contributed by atoms with Crippen LogP contribution >= 0.6 is 0 Å². The summed E-state index contributed by atoms with van der Waals surface area (Å²) >= 11 is 0. The second kappa shape index (κ2) is 4.21. The van der Waals surface area contributed by atoms with Crippen LogP contribution in [0.5, 0.6) is 0 Å². The van der Waals surface area contributed by atoms with Crippen LogP contribution in [-0.2, 0) is 10.2 Å². The molecule has 0 aromatic heterocycles. The van der Waals surface area contributed by atoms with E-state index >= 15 is 0 Å². The zero-order valence-electron chi connectivity index (χ0n) is 7.91. The highest BCUT2D eigenvalue weighted by molar-refractivity contribution is 7.87. The number of hydrogen-bond donors (Lipinski definition) is 1. The van der Waals surface area contributed by atoms with Crippen LogP contribution in [0.2, 0.25) is 0 Å². The summed E-state index contributed by atoms with van der Waals surface area (Å²) in [5.41, 5.74) is 0.993. The van der Waals surface area contributed by atoms with Gasteiger partial charge in [0.05, 0.1) is 0 Å². The molecule has 1 aliphatic heterocycles. The topological polar surface area (TPSA) is 49.4 Å². The molecule has 1 rings (SSSR count). The second-order valence-corrected chi connectivity index (χ2v) is 4.95. The summed E-state index contributed by atoms with van der Waals surface area (Å²) in [6, 6.07) is 0. The first-order valence-electron chi connectivity index (χ1n) is 4.47. The summed E-state index contributed by atoms with van der Waals surface area (Å²) in [5.74, 6) is 0. The molecule has 1 N–H and O–H groups in total. The van der Waals surface area contributed by atoms with Crippen molar-refractivity contribution >= 4 is 10.2 Å². The predicted octanol–water partition coefficient (Wildman–Crippen LogP) is 0.493. The van der Waals surface area contributed by atoms with Crippen molar-refractivity contribution in [3.63, 3.8) is 0 Å². The largest absolute Gasteiger partial charge is 0.279 e. The van der Waals surface area contributed by atoms with E-state index in [-0.39, 0.29) is 0 Å². The third-order valence-electron chi connectivity index (χ3n) is 2.00. The van der Waals surface area contributed by atoms with Crippen molar-refractivity contribution < 1.29 is 8.42 Å². The van der Waals surface area contributed by atoms with Crippen LogP contribution in [0.25, 0.3) is 0 Å². The first kappa shape index (κ1) is 10.7. The van der Waals surface area contributed by atoms with E-state index in [1.165, 1.54) is 4.31 Å².